The molecule has 0 aliphatic heterocycles. The zero-order chi connectivity index (χ0) is 20.5. The topological polar surface area (TPSA) is 76.1 Å². The standard InChI is InChI=1S/C21H22N2O3S2/c1-21(2,3)15-11-9-14(10-12-15)17-13-27-20(22-17)23-19(24)16-7-5-6-8-18(16)28(4,25)26/h5-13H,1-4H3,(H,22,23,24). The minimum absolute atomic E-state index is 0.00190. The Morgan fingerprint density at radius 3 is 2.29 bits per heavy atom. The van der Waals surface area contributed by atoms with Gasteiger partial charge in [-0.1, -0.05) is 57.2 Å². The van der Waals surface area contributed by atoms with Crippen molar-refractivity contribution >= 4 is 32.2 Å². The SMILES string of the molecule is CC(C)(C)c1ccc(-c2csc(NC(=O)c3ccccc3S(C)(=O)=O)n2)cc1. The van der Waals surface area contributed by atoms with E-state index < -0.39 is 15.7 Å². The third-order valence-corrected chi connectivity index (χ3v) is 6.22. The van der Waals surface area contributed by atoms with Crippen molar-refractivity contribution in [1.29, 1.82) is 0 Å². The second-order valence-corrected chi connectivity index (χ2v) is 10.4. The molecule has 5 nitrogen and oxygen atoms in total. The number of nitrogens with one attached hydrogen (secondary N) is 1. The average molecular weight is 415 g/mol. The van der Waals surface area contributed by atoms with Gasteiger partial charge in [0, 0.05) is 17.2 Å². The number of carbonyl (C=O) groups is 1. The van der Waals surface area contributed by atoms with E-state index in [-0.39, 0.29) is 15.9 Å². The highest BCUT2D eigenvalue weighted by molar-refractivity contribution is 7.90. The molecule has 1 heterocycles. The van der Waals surface area contributed by atoms with E-state index in [0.29, 0.717) is 5.13 Å². The normalized spacial score (nSPS) is 12.0. The number of hydrogen-bond acceptors (Lipinski definition) is 5. The summed E-state index contributed by atoms with van der Waals surface area (Å²) in [5, 5.41) is 4.99. The third-order valence-electron chi connectivity index (χ3n) is 4.30. The van der Waals surface area contributed by atoms with Crippen molar-refractivity contribution in [3.8, 4) is 11.3 Å². The van der Waals surface area contributed by atoms with Gasteiger partial charge in [0.2, 0.25) is 0 Å². The van der Waals surface area contributed by atoms with Crippen molar-refractivity contribution in [2.75, 3.05) is 11.6 Å². The van der Waals surface area contributed by atoms with E-state index >= 15 is 0 Å². The highest BCUT2D eigenvalue weighted by Crippen LogP contribution is 2.29. The van der Waals surface area contributed by atoms with Crippen molar-refractivity contribution in [2.45, 2.75) is 31.1 Å². The number of nitrogens with zero attached hydrogens (tertiary/aromatic N) is 1. The molecule has 0 saturated carbocycles. The summed E-state index contributed by atoms with van der Waals surface area (Å²) < 4.78 is 23.8. The maximum absolute atomic E-state index is 12.6. The van der Waals surface area contributed by atoms with Crippen LogP contribution in [0.1, 0.15) is 36.7 Å². The quantitative estimate of drug-likeness (QED) is 0.668. The second kappa shape index (κ2) is 7.48. The molecule has 0 aliphatic rings. The van der Waals surface area contributed by atoms with Crippen molar-refractivity contribution in [3.63, 3.8) is 0 Å². The Hall–Kier alpha value is -2.51. The predicted molar refractivity (Wildman–Crippen MR) is 114 cm³/mol. The lowest BCUT2D eigenvalue weighted by molar-refractivity contribution is 0.102. The molecule has 0 aliphatic carbocycles. The minimum atomic E-state index is -3.50. The van der Waals surface area contributed by atoms with Crippen LogP contribution in [0, 0.1) is 0 Å². The smallest absolute Gasteiger partial charge is 0.258 e. The molecule has 7 heteroatoms. The number of anilines is 1. The number of thiazole rings is 1. The van der Waals surface area contributed by atoms with Gasteiger partial charge < -0.3 is 0 Å². The molecule has 3 aromatic rings. The summed E-state index contributed by atoms with van der Waals surface area (Å²) in [7, 11) is -3.50. The summed E-state index contributed by atoms with van der Waals surface area (Å²) in [6, 6.07) is 14.3. The number of sulfone groups is 1. The summed E-state index contributed by atoms with van der Waals surface area (Å²) in [6.45, 7) is 6.48. The van der Waals surface area contributed by atoms with Crippen LogP contribution in [0.2, 0.25) is 0 Å². The van der Waals surface area contributed by atoms with E-state index in [2.05, 4.69) is 43.2 Å². The Labute approximate surface area is 169 Å². The molecule has 1 aromatic heterocycles. The first kappa shape index (κ1) is 20.2. The first-order valence-electron chi connectivity index (χ1n) is 8.72. The zero-order valence-corrected chi connectivity index (χ0v) is 17.8. The van der Waals surface area contributed by atoms with Crippen LogP contribution in [-0.2, 0) is 15.3 Å². The highest BCUT2D eigenvalue weighted by atomic mass is 32.2. The van der Waals surface area contributed by atoms with Crippen LogP contribution in [-0.4, -0.2) is 25.6 Å². The Morgan fingerprint density at radius 2 is 1.68 bits per heavy atom. The van der Waals surface area contributed by atoms with E-state index in [0.717, 1.165) is 17.5 Å². The first-order valence-corrected chi connectivity index (χ1v) is 11.5. The minimum Gasteiger partial charge on any atom is -0.298 e. The fourth-order valence-corrected chi connectivity index (χ4v) is 4.35. The summed E-state index contributed by atoms with van der Waals surface area (Å²) in [4.78, 5) is 17.0. The lowest BCUT2D eigenvalue weighted by Crippen LogP contribution is -2.15. The van der Waals surface area contributed by atoms with Crippen LogP contribution in [0.5, 0.6) is 0 Å². The van der Waals surface area contributed by atoms with Crippen LogP contribution >= 0.6 is 11.3 Å². The van der Waals surface area contributed by atoms with Gasteiger partial charge in [0.25, 0.3) is 5.91 Å². The number of carbonyl (C=O) groups excluding carboxylic acids is 1. The van der Waals surface area contributed by atoms with Gasteiger partial charge in [0.15, 0.2) is 15.0 Å². The largest absolute Gasteiger partial charge is 0.298 e. The molecule has 28 heavy (non-hydrogen) atoms. The van der Waals surface area contributed by atoms with E-state index in [9.17, 15) is 13.2 Å². The molecular weight excluding hydrogens is 392 g/mol. The maximum Gasteiger partial charge on any atom is 0.258 e. The lowest BCUT2D eigenvalue weighted by Gasteiger charge is -2.18. The van der Waals surface area contributed by atoms with E-state index in [1.165, 1.54) is 29.0 Å². The van der Waals surface area contributed by atoms with Gasteiger partial charge in [-0.25, -0.2) is 13.4 Å². The van der Waals surface area contributed by atoms with Crippen LogP contribution in [0.15, 0.2) is 58.8 Å². The number of hydrogen-bond donors (Lipinski definition) is 1. The van der Waals surface area contributed by atoms with E-state index in [1.807, 2.05) is 17.5 Å². The molecule has 0 bridgehead atoms. The van der Waals surface area contributed by atoms with Gasteiger partial charge in [-0.05, 0) is 23.1 Å². The van der Waals surface area contributed by atoms with Gasteiger partial charge in [0.1, 0.15) is 0 Å². The molecule has 1 N–H and O–H groups in total. The van der Waals surface area contributed by atoms with Crippen molar-refractivity contribution in [1.82, 2.24) is 4.98 Å². The van der Waals surface area contributed by atoms with Crippen LogP contribution < -0.4 is 5.32 Å². The Morgan fingerprint density at radius 1 is 1.04 bits per heavy atom. The molecule has 0 saturated heterocycles. The number of rotatable bonds is 4. The van der Waals surface area contributed by atoms with Gasteiger partial charge in [0.05, 0.1) is 16.2 Å². The van der Waals surface area contributed by atoms with Gasteiger partial charge in [-0.3, -0.25) is 10.1 Å². The number of benzene rings is 2. The monoisotopic (exact) mass is 414 g/mol. The molecule has 1 amide bonds. The summed E-state index contributed by atoms with van der Waals surface area (Å²) >= 11 is 1.30. The lowest BCUT2D eigenvalue weighted by atomic mass is 9.86. The van der Waals surface area contributed by atoms with Gasteiger partial charge in [-0.15, -0.1) is 11.3 Å². The Balaban J connectivity index is 1.81. The summed E-state index contributed by atoms with van der Waals surface area (Å²) in [6.07, 6.45) is 1.09. The van der Waals surface area contributed by atoms with Crippen molar-refractivity contribution in [3.05, 3.63) is 65.0 Å². The van der Waals surface area contributed by atoms with Crippen molar-refractivity contribution in [2.24, 2.45) is 0 Å². The molecular formula is C21H22N2O3S2. The van der Waals surface area contributed by atoms with Crippen molar-refractivity contribution < 1.29 is 13.2 Å². The first-order chi connectivity index (χ1) is 13.1. The molecule has 146 valence electrons. The van der Waals surface area contributed by atoms with Crippen LogP contribution in [0.3, 0.4) is 0 Å². The van der Waals surface area contributed by atoms with Gasteiger partial charge >= 0.3 is 0 Å². The molecule has 0 fully saturated rings. The molecule has 0 unspecified atom stereocenters. The average Bonchev–Trinajstić information content (AvgIpc) is 3.09. The molecule has 0 atom stereocenters. The summed E-state index contributed by atoms with van der Waals surface area (Å²) in [5.74, 6) is -0.495. The third kappa shape index (κ3) is 4.48. The second-order valence-electron chi connectivity index (χ2n) is 7.59. The molecule has 0 radical (unpaired) electrons. The molecule has 3 rings (SSSR count). The van der Waals surface area contributed by atoms with E-state index in [1.54, 1.807) is 12.1 Å². The zero-order valence-electron chi connectivity index (χ0n) is 16.2. The van der Waals surface area contributed by atoms with Crippen LogP contribution in [0.4, 0.5) is 5.13 Å². The van der Waals surface area contributed by atoms with Gasteiger partial charge in [-0.2, -0.15) is 0 Å². The fraction of sp³-hybridized carbons (Fsp3) is 0.238. The van der Waals surface area contributed by atoms with Crippen LogP contribution in [0.25, 0.3) is 11.3 Å². The maximum atomic E-state index is 12.6. The molecule has 2 aromatic carbocycles. The fourth-order valence-electron chi connectivity index (χ4n) is 2.75. The molecule has 0 spiro atoms. The number of amides is 1. The number of aromatic nitrogens is 1. The Kier molecular flexibility index (Phi) is 5.41. The highest BCUT2D eigenvalue weighted by Gasteiger charge is 2.19. The summed E-state index contributed by atoms with van der Waals surface area (Å²) in [5.41, 5.74) is 3.14. The van der Waals surface area contributed by atoms with E-state index in [4.69, 9.17) is 0 Å². The Bertz CT molecular complexity index is 1110. The predicted octanol–water partition coefficient (Wildman–Crippen LogP) is 4.76.